The van der Waals surface area contributed by atoms with Gasteiger partial charge in [0.25, 0.3) is 0 Å². The van der Waals surface area contributed by atoms with Crippen LogP contribution in [0.25, 0.3) is 11.6 Å². The van der Waals surface area contributed by atoms with Gasteiger partial charge in [0, 0.05) is 13.1 Å². The first-order valence-electron chi connectivity index (χ1n) is 12.9. The van der Waals surface area contributed by atoms with Gasteiger partial charge in [-0.25, -0.2) is 0 Å². The van der Waals surface area contributed by atoms with Crippen LogP contribution in [0.15, 0.2) is 61.7 Å². The molecule has 2 aromatic carbocycles. The summed E-state index contributed by atoms with van der Waals surface area (Å²) in [7, 11) is 0. The Kier molecular flexibility index (Phi) is 9.96. The number of rotatable bonds is 8. The third kappa shape index (κ3) is 7.98. The molecular formula is C31H44N2. The largest absolute Gasteiger partial charge is 0.303 e. The van der Waals surface area contributed by atoms with E-state index in [2.05, 4.69) is 92.3 Å². The summed E-state index contributed by atoms with van der Waals surface area (Å²) in [5.74, 6) is 1.24. The maximum Gasteiger partial charge on any atom is 0.00476 e. The highest BCUT2D eigenvalue weighted by Gasteiger charge is 2.16. The van der Waals surface area contributed by atoms with Crippen molar-refractivity contribution in [2.45, 2.75) is 58.3 Å². The third-order valence-corrected chi connectivity index (χ3v) is 7.13. The van der Waals surface area contributed by atoms with E-state index in [9.17, 15) is 0 Å². The number of nitrogens with zero attached hydrogens (tertiary/aromatic N) is 2. The highest BCUT2D eigenvalue weighted by molar-refractivity contribution is 5.61. The predicted octanol–water partition coefficient (Wildman–Crippen LogP) is 7.45. The monoisotopic (exact) mass is 444 g/mol. The molecule has 2 nitrogen and oxygen atoms in total. The van der Waals surface area contributed by atoms with Gasteiger partial charge in [-0.2, -0.15) is 0 Å². The summed E-state index contributed by atoms with van der Waals surface area (Å²) in [6.45, 7) is 22.1. The molecule has 0 spiro atoms. The van der Waals surface area contributed by atoms with E-state index in [1.54, 1.807) is 0 Å². The molecule has 2 unspecified atom stereocenters. The van der Waals surface area contributed by atoms with Gasteiger partial charge in [0.2, 0.25) is 0 Å². The molecule has 2 atom stereocenters. The van der Waals surface area contributed by atoms with Crippen molar-refractivity contribution in [2.75, 3.05) is 39.3 Å². The van der Waals surface area contributed by atoms with E-state index in [1.807, 2.05) is 6.08 Å². The van der Waals surface area contributed by atoms with Gasteiger partial charge >= 0.3 is 0 Å². The Hall–Kier alpha value is -2.16. The topological polar surface area (TPSA) is 6.48 Å². The first-order valence-corrected chi connectivity index (χ1v) is 12.9. The van der Waals surface area contributed by atoms with E-state index in [0.29, 0.717) is 11.8 Å². The van der Waals surface area contributed by atoms with E-state index in [4.69, 9.17) is 0 Å². The molecule has 2 aromatic rings. The van der Waals surface area contributed by atoms with Crippen molar-refractivity contribution in [3.63, 3.8) is 0 Å². The molecule has 33 heavy (non-hydrogen) atoms. The quantitative estimate of drug-likeness (QED) is 0.417. The van der Waals surface area contributed by atoms with Crippen molar-refractivity contribution in [1.29, 1.82) is 0 Å². The van der Waals surface area contributed by atoms with Gasteiger partial charge in [-0.3, -0.25) is 0 Å². The number of hydrogen-bond donors (Lipinski definition) is 0. The van der Waals surface area contributed by atoms with Crippen molar-refractivity contribution in [2.24, 2.45) is 0 Å². The summed E-state index contributed by atoms with van der Waals surface area (Å²) in [5, 5.41) is 0. The maximum absolute atomic E-state index is 4.02. The zero-order chi connectivity index (χ0) is 23.6. The Bertz CT molecular complexity index is 887. The average molecular weight is 445 g/mol. The van der Waals surface area contributed by atoms with E-state index < -0.39 is 0 Å². The molecule has 4 rings (SSSR count). The lowest BCUT2D eigenvalue weighted by molar-refractivity contribution is 0.320. The smallest absolute Gasteiger partial charge is 0.00476 e. The van der Waals surface area contributed by atoms with E-state index in [1.165, 1.54) is 87.2 Å². The maximum atomic E-state index is 4.02. The summed E-state index contributed by atoms with van der Waals surface area (Å²) in [4.78, 5) is 5.16. The van der Waals surface area contributed by atoms with Crippen molar-refractivity contribution >= 4 is 11.6 Å². The van der Waals surface area contributed by atoms with Crippen LogP contribution in [0.5, 0.6) is 0 Å². The highest BCUT2D eigenvalue weighted by atomic mass is 15.1. The second-order valence-corrected chi connectivity index (χ2v) is 10.1. The van der Waals surface area contributed by atoms with Crippen LogP contribution in [0, 0.1) is 0 Å². The zero-order valence-electron chi connectivity index (χ0n) is 21.2. The summed E-state index contributed by atoms with van der Waals surface area (Å²) in [5.41, 5.74) is 6.53. The van der Waals surface area contributed by atoms with Crippen molar-refractivity contribution in [3.8, 4) is 0 Å². The standard InChI is InChI=1S/C16H23N.C15H21N/c1-13(2)15-7-6-8-16(11-15)14(3)12-17-9-4-5-10-17;1-3-14-7-6-8-15(11-14)13(2)12-16-9-4-5-10-16/h6-8,11,14H,1,4-5,9-10,12H2,2-3H3;3,6-8,11,13H,1,4-5,9-10,12H2,2H3. The lowest BCUT2D eigenvalue weighted by Crippen LogP contribution is -2.24. The Morgan fingerprint density at radius 1 is 0.818 bits per heavy atom. The van der Waals surface area contributed by atoms with Crippen LogP contribution in [-0.4, -0.2) is 49.1 Å². The fourth-order valence-electron chi connectivity index (χ4n) is 5.02. The van der Waals surface area contributed by atoms with Crippen LogP contribution in [-0.2, 0) is 0 Å². The van der Waals surface area contributed by atoms with Crippen molar-refractivity contribution in [3.05, 3.63) is 83.9 Å². The number of hydrogen-bond acceptors (Lipinski definition) is 2. The molecule has 2 heterocycles. The van der Waals surface area contributed by atoms with Crippen LogP contribution in [0.3, 0.4) is 0 Å². The van der Waals surface area contributed by atoms with E-state index >= 15 is 0 Å². The molecule has 0 radical (unpaired) electrons. The van der Waals surface area contributed by atoms with Gasteiger partial charge in [-0.05, 0) is 92.9 Å². The van der Waals surface area contributed by atoms with Crippen LogP contribution in [0.1, 0.15) is 80.5 Å². The van der Waals surface area contributed by atoms with Gasteiger partial charge in [0.15, 0.2) is 0 Å². The van der Waals surface area contributed by atoms with E-state index in [0.717, 1.165) is 5.57 Å². The average Bonchev–Trinajstić information content (AvgIpc) is 3.54. The molecule has 2 fully saturated rings. The molecule has 0 N–H and O–H groups in total. The van der Waals surface area contributed by atoms with Crippen LogP contribution < -0.4 is 0 Å². The van der Waals surface area contributed by atoms with Gasteiger partial charge in [0.1, 0.15) is 0 Å². The summed E-state index contributed by atoms with van der Waals surface area (Å²) in [6, 6.07) is 17.6. The Balaban J connectivity index is 0.000000186. The molecule has 178 valence electrons. The Morgan fingerprint density at radius 3 is 1.79 bits per heavy atom. The molecule has 0 amide bonds. The van der Waals surface area contributed by atoms with Crippen molar-refractivity contribution < 1.29 is 0 Å². The molecular weight excluding hydrogens is 400 g/mol. The van der Waals surface area contributed by atoms with Gasteiger partial charge in [-0.15, -0.1) is 0 Å². The highest BCUT2D eigenvalue weighted by Crippen LogP contribution is 2.23. The van der Waals surface area contributed by atoms with Crippen molar-refractivity contribution in [1.82, 2.24) is 9.80 Å². The van der Waals surface area contributed by atoms with Gasteiger partial charge in [0.05, 0.1) is 0 Å². The van der Waals surface area contributed by atoms with Crippen LogP contribution in [0.4, 0.5) is 0 Å². The molecule has 2 heteroatoms. The second-order valence-electron chi connectivity index (χ2n) is 10.1. The summed E-state index contributed by atoms with van der Waals surface area (Å²) in [6.07, 6.45) is 7.42. The SMILES string of the molecule is C=C(C)c1cccc(C(C)CN2CCCC2)c1.C=Cc1cccc(C(C)CN2CCCC2)c1. The molecule has 0 aliphatic carbocycles. The number of likely N-dealkylation sites (tertiary alicyclic amines) is 2. The first-order chi connectivity index (χ1) is 16.0. The summed E-state index contributed by atoms with van der Waals surface area (Å²) < 4.78 is 0. The lowest BCUT2D eigenvalue weighted by atomic mass is 9.97. The Morgan fingerprint density at radius 2 is 1.30 bits per heavy atom. The number of allylic oxidation sites excluding steroid dienone is 1. The fraction of sp³-hybridized carbons (Fsp3) is 0.484. The third-order valence-electron chi connectivity index (χ3n) is 7.13. The first kappa shape index (κ1) is 25.5. The predicted molar refractivity (Wildman–Crippen MR) is 146 cm³/mol. The minimum Gasteiger partial charge on any atom is -0.303 e. The fourth-order valence-corrected chi connectivity index (χ4v) is 5.02. The van der Waals surface area contributed by atoms with Crippen LogP contribution >= 0.6 is 0 Å². The zero-order valence-corrected chi connectivity index (χ0v) is 21.2. The molecule has 2 aliphatic rings. The normalized spacial score (nSPS) is 18.4. The van der Waals surface area contributed by atoms with Crippen LogP contribution in [0.2, 0.25) is 0 Å². The van der Waals surface area contributed by atoms with Gasteiger partial charge in [-0.1, -0.05) is 87.2 Å². The minimum atomic E-state index is 0.618. The minimum absolute atomic E-state index is 0.618. The molecule has 0 aromatic heterocycles. The van der Waals surface area contributed by atoms with E-state index in [-0.39, 0.29) is 0 Å². The Labute approximate surface area is 203 Å². The lowest BCUT2D eigenvalue weighted by Gasteiger charge is -2.21. The molecule has 2 saturated heterocycles. The second kappa shape index (κ2) is 12.9. The molecule has 2 aliphatic heterocycles. The van der Waals surface area contributed by atoms with Gasteiger partial charge < -0.3 is 9.80 Å². The number of benzene rings is 2. The molecule has 0 bridgehead atoms. The summed E-state index contributed by atoms with van der Waals surface area (Å²) >= 11 is 0. The molecule has 0 saturated carbocycles.